The summed E-state index contributed by atoms with van der Waals surface area (Å²) in [4.78, 5) is 40.4. The topological polar surface area (TPSA) is 161 Å². The van der Waals surface area contributed by atoms with Gasteiger partial charge in [0, 0.05) is 6.07 Å². The molecule has 1 aromatic rings. The molecule has 10 nitrogen and oxygen atoms in total. The summed E-state index contributed by atoms with van der Waals surface area (Å²) < 4.78 is 39.0. The van der Waals surface area contributed by atoms with E-state index in [2.05, 4.69) is 0 Å². The third-order valence-electron chi connectivity index (χ3n) is 2.64. The van der Waals surface area contributed by atoms with Gasteiger partial charge in [-0.3, -0.25) is 29.8 Å². The second-order valence-electron chi connectivity index (χ2n) is 4.05. The van der Waals surface area contributed by atoms with Gasteiger partial charge in [-0.2, -0.15) is 13.2 Å². The molecule has 0 radical (unpaired) electrons. The molecule has 0 aromatic heterocycles. The second-order valence-corrected chi connectivity index (χ2v) is 4.05. The normalized spacial score (nSPS) is 11.3. The zero-order chi connectivity index (χ0) is 18.1. The number of hydrogen-bond acceptors (Lipinski definition) is 6. The molecule has 1 aromatic carbocycles. The maximum Gasteiger partial charge on any atom is 0.417 e. The Morgan fingerprint density at radius 3 is 1.83 bits per heavy atom. The van der Waals surface area contributed by atoms with E-state index in [1.807, 2.05) is 0 Å². The van der Waals surface area contributed by atoms with Gasteiger partial charge in [-0.25, -0.2) is 0 Å². The summed E-state index contributed by atoms with van der Waals surface area (Å²) in [5, 5.41) is 39.0. The molecule has 2 N–H and O–H groups in total. The minimum Gasteiger partial charge on any atom is -0.480 e. The second kappa shape index (κ2) is 5.86. The Balaban J connectivity index is 3.97. The first-order chi connectivity index (χ1) is 10.4. The highest BCUT2D eigenvalue weighted by atomic mass is 19.4. The van der Waals surface area contributed by atoms with Gasteiger partial charge in [-0.15, -0.1) is 0 Å². The summed E-state index contributed by atoms with van der Waals surface area (Å²) in [6, 6.07) is -0.0787. The molecule has 0 atom stereocenters. The summed E-state index contributed by atoms with van der Waals surface area (Å²) in [5.74, 6) is -7.51. The Labute approximate surface area is 123 Å². The van der Waals surface area contributed by atoms with Gasteiger partial charge in [0.15, 0.2) is 5.92 Å². The summed E-state index contributed by atoms with van der Waals surface area (Å²) in [6.45, 7) is 0. The Morgan fingerprint density at radius 1 is 1.04 bits per heavy atom. The Bertz CT molecular complexity index is 701. The number of hydrogen-bond donors (Lipinski definition) is 2. The fourth-order valence-electron chi connectivity index (χ4n) is 1.77. The van der Waals surface area contributed by atoms with Gasteiger partial charge in [-0.05, 0) is 0 Å². The number of carbonyl (C=O) groups is 2. The zero-order valence-corrected chi connectivity index (χ0v) is 10.6. The first-order valence-electron chi connectivity index (χ1n) is 5.37. The monoisotopic (exact) mass is 338 g/mol. The van der Waals surface area contributed by atoms with Crippen molar-refractivity contribution in [2.45, 2.75) is 12.1 Å². The number of aliphatic carboxylic acids is 2. The maximum atomic E-state index is 13.0. The van der Waals surface area contributed by atoms with Crippen LogP contribution in [-0.4, -0.2) is 32.0 Å². The molecule has 0 unspecified atom stereocenters. The first-order valence-corrected chi connectivity index (χ1v) is 5.37. The van der Waals surface area contributed by atoms with Crippen molar-refractivity contribution in [1.82, 2.24) is 0 Å². The summed E-state index contributed by atoms with van der Waals surface area (Å²) >= 11 is 0. The molecule has 1 rings (SSSR count). The standard InChI is InChI=1S/C10H5F3N2O8/c11-10(12,13)4-1-3(14(20)21)2-5(15(22)23)6(4)7(8(16)17)9(18)19/h1-2,7H,(H,16,17)(H,18,19). The molecule has 124 valence electrons. The fourth-order valence-corrected chi connectivity index (χ4v) is 1.77. The number of alkyl halides is 3. The van der Waals surface area contributed by atoms with Gasteiger partial charge in [0.05, 0.1) is 27.0 Å². The van der Waals surface area contributed by atoms with Crippen molar-refractivity contribution in [3.05, 3.63) is 43.5 Å². The minimum absolute atomic E-state index is 0.0729. The Morgan fingerprint density at radius 2 is 1.52 bits per heavy atom. The minimum atomic E-state index is -5.45. The lowest BCUT2D eigenvalue weighted by molar-refractivity contribution is -0.395. The average Bonchev–Trinajstić information content (AvgIpc) is 2.35. The molecule has 0 saturated heterocycles. The maximum absolute atomic E-state index is 13.0. The van der Waals surface area contributed by atoms with Gasteiger partial charge < -0.3 is 10.2 Å². The fraction of sp³-hybridized carbons (Fsp3) is 0.200. The van der Waals surface area contributed by atoms with E-state index in [9.17, 15) is 43.0 Å². The number of nitro groups is 2. The number of non-ortho nitro benzene ring substituents is 1. The van der Waals surface area contributed by atoms with E-state index >= 15 is 0 Å². The molecule has 0 heterocycles. The Kier molecular flexibility index (Phi) is 4.54. The van der Waals surface area contributed by atoms with E-state index in [0.29, 0.717) is 0 Å². The number of halogens is 3. The van der Waals surface area contributed by atoms with Crippen LogP contribution in [0, 0.1) is 20.2 Å². The van der Waals surface area contributed by atoms with Crippen LogP contribution in [0.3, 0.4) is 0 Å². The van der Waals surface area contributed by atoms with E-state index in [-0.39, 0.29) is 12.1 Å². The van der Waals surface area contributed by atoms with Crippen molar-refractivity contribution in [1.29, 1.82) is 0 Å². The third-order valence-corrected chi connectivity index (χ3v) is 2.64. The lowest BCUT2D eigenvalue weighted by atomic mass is 9.91. The molecular weight excluding hydrogens is 333 g/mol. The number of nitrogens with zero attached hydrogens (tertiary/aromatic N) is 2. The van der Waals surface area contributed by atoms with Crippen LogP contribution < -0.4 is 0 Å². The number of carboxylic acid groups (broad SMARTS) is 2. The zero-order valence-electron chi connectivity index (χ0n) is 10.6. The molecule has 0 aliphatic rings. The molecule has 0 saturated carbocycles. The molecule has 0 aliphatic carbocycles. The highest BCUT2D eigenvalue weighted by molar-refractivity contribution is 6.00. The average molecular weight is 338 g/mol. The van der Waals surface area contributed by atoms with Crippen LogP contribution in [0.5, 0.6) is 0 Å². The van der Waals surface area contributed by atoms with E-state index in [1.54, 1.807) is 0 Å². The molecule has 13 heteroatoms. The molecule has 0 amide bonds. The van der Waals surface area contributed by atoms with Gasteiger partial charge in [0.2, 0.25) is 0 Å². The highest BCUT2D eigenvalue weighted by Gasteiger charge is 2.46. The van der Waals surface area contributed by atoms with Crippen LogP contribution in [0.25, 0.3) is 0 Å². The van der Waals surface area contributed by atoms with Crippen LogP contribution in [0.1, 0.15) is 17.0 Å². The van der Waals surface area contributed by atoms with Crippen LogP contribution in [0.15, 0.2) is 12.1 Å². The third kappa shape index (κ3) is 3.50. The molecule has 0 aliphatic heterocycles. The molecule has 0 spiro atoms. The predicted octanol–water partition coefficient (Wildman–Crippen LogP) is 1.77. The summed E-state index contributed by atoms with van der Waals surface area (Å²) in [7, 11) is 0. The van der Waals surface area contributed by atoms with Crippen molar-refractivity contribution in [2.75, 3.05) is 0 Å². The van der Waals surface area contributed by atoms with Crippen LogP contribution in [0.2, 0.25) is 0 Å². The van der Waals surface area contributed by atoms with E-state index in [1.165, 1.54) is 0 Å². The number of benzene rings is 1. The number of rotatable bonds is 5. The van der Waals surface area contributed by atoms with E-state index < -0.39 is 56.4 Å². The Hall–Kier alpha value is -3.25. The van der Waals surface area contributed by atoms with Crippen molar-refractivity contribution in [3.63, 3.8) is 0 Å². The smallest absolute Gasteiger partial charge is 0.417 e. The molecule has 0 bridgehead atoms. The van der Waals surface area contributed by atoms with Crippen LogP contribution >= 0.6 is 0 Å². The molecule has 0 fully saturated rings. The van der Waals surface area contributed by atoms with Crippen molar-refractivity contribution < 1.29 is 42.8 Å². The van der Waals surface area contributed by atoms with Gasteiger partial charge >= 0.3 is 18.1 Å². The quantitative estimate of drug-likeness (QED) is 0.466. The highest BCUT2D eigenvalue weighted by Crippen LogP contribution is 2.42. The van der Waals surface area contributed by atoms with E-state index in [4.69, 9.17) is 10.2 Å². The van der Waals surface area contributed by atoms with Gasteiger partial charge in [0.25, 0.3) is 11.4 Å². The summed E-state index contributed by atoms with van der Waals surface area (Å²) in [6.07, 6.45) is -5.45. The number of nitro benzene ring substituents is 2. The first kappa shape index (κ1) is 17.8. The lowest BCUT2D eigenvalue weighted by Crippen LogP contribution is -2.26. The van der Waals surface area contributed by atoms with E-state index in [0.717, 1.165) is 0 Å². The van der Waals surface area contributed by atoms with Crippen LogP contribution in [-0.2, 0) is 15.8 Å². The predicted molar refractivity (Wildman–Crippen MR) is 62.8 cm³/mol. The largest absolute Gasteiger partial charge is 0.480 e. The van der Waals surface area contributed by atoms with Gasteiger partial charge in [-0.1, -0.05) is 0 Å². The van der Waals surface area contributed by atoms with Crippen molar-refractivity contribution in [3.8, 4) is 0 Å². The van der Waals surface area contributed by atoms with Crippen LogP contribution in [0.4, 0.5) is 24.5 Å². The van der Waals surface area contributed by atoms with Crippen molar-refractivity contribution >= 4 is 23.3 Å². The number of carboxylic acids is 2. The molecule has 23 heavy (non-hydrogen) atoms. The SMILES string of the molecule is O=C(O)C(C(=O)O)c1c([N+](=O)[O-])cc([N+](=O)[O-])cc1C(F)(F)F. The van der Waals surface area contributed by atoms with Gasteiger partial charge in [0.1, 0.15) is 0 Å². The molecular formula is C10H5F3N2O8. The summed E-state index contributed by atoms with van der Waals surface area (Å²) in [5.41, 5.74) is -6.72. The lowest BCUT2D eigenvalue weighted by Gasteiger charge is -2.15. The van der Waals surface area contributed by atoms with Crippen molar-refractivity contribution in [2.24, 2.45) is 0 Å².